The zero-order valence-corrected chi connectivity index (χ0v) is 15.5. The second-order valence-corrected chi connectivity index (χ2v) is 7.55. The fourth-order valence-electron chi connectivity index (χ4n) is 2.42. The van der Waals surface area contributed by atoms with Crippen molar-refractivity contribution in [3.05, 3.63) is 89.7 Å². The number of rotatable bonds is 6. The van der Waals surface area contributed by atoms with Gasteiger partial charge in [0.15, 0.2) is 0 Å². The van der Waals surface area contributed by atoms with Crippen molar-refractivity contribution in [3.63, 3.8) is 0 Å². The Labute approximate surface area is 162 Å². The van der Waals surface area contributed by atoms with Crippen LogP contribution >= 0.6 is 0 Å². The molecule has 0 aliphatic carbocycles. The Morgan fingerprint density at radius 2 is 1.86 bits per heavy atom. The molecule has 2 N–H and O–H groups in total. The number of carbonyl (C=O) groups is 1. The highest BCUT2D eigenvalue weighted by molar-refractivity contribution is 7.92. The fourth-order valence-corrected chi connectivity index (χ4v) is 3.52. The van der Waals surface area contributed by atoms with Gasteiger partial charge in [0.05, 0.1) is 16.5 Å². The SMILES string of the molecule is N#Cc1ccc(NS(=O)(=O)c2cccc(C(=O)NCc3cccnc3)c2)cc1. The number of nitrogens with zero attached hydrogens (tertiary/aromatic N) is 2. The molecule has 1 aromatic heterocycles. The lowest BCUT2D eigenvalue weighted by molar-refractivity contribution is 0.0950. The lowest BCUT2D eigenvalue weighted by Gasteiger charge is -2.10. The van der Waals surface area contributed by atoms with Gasteiger partial charge >= 0.3 is 0 Å². The third-order valence-corrected chi connectivity index (χ3v) is 5.23. The monoisotopic (exact) mass is 392 g/mol. The summed E-state index contributed by atoms with van der Waals surface area (Å²) < 4.78 is 27.6. The summed E-state index contributed by atoms with van der Waals surface area (Å²) in [5, 5.41) is 11.5. The van der Waals surface area contributed by atoms with Gasteiger partial charge in [-0.1, -0.05) is 12.1 Å². The van der Waals surface area contributed by atoms with Gasteiger partial charge in [0.1, 0.15) is 0 Å². The van der Waals surface area contributed by atoms with Crippen molar-refractivity contribution in [1.82, 2.24) is 10.3 Å². The van der Waals surface area contributed by atoms with Crippen molar-refractivity contribution in [3.8, 4) is 6.07 Å². The lowest BCUT2D eigenvalue weighted by atomic mass is 10.2. The summed E-state index contributed by atoms with van der Waals surface area (Å²) in [4.78, 5) is 16.3. The first-order valence-corrected chi connectivity index (χ1v) is 9.76. The molecule has 0 aliphatic heterocycles. The van der Waals surface area contributed by atoms with Crippen LogP contribution in [0.15, 0.2) is 78.0 Å². The number of aromatic nitrogens is 1. The summed E-state index contributed by atoms with van der Waals surface area (Å²) in [5.74, 6) is -0.390. The van der Waals surface area contributed by atoms with Crippen LogP contribution in [0.5, 0.6) is 0 Å². The van der Waals surface area contributed by atoms with Gasteiger partial charge in [-0.15, -0.1) is 0 Å². The van der Waals surface area contributed by atoms with Crippen LogP contribution in [-0.4, -0.2) is 19.3 Å². The van der Waals surface area contributed by atoms with Gasteiger partial charge in [-0.05, 0) is 54.1 Å². The van der Waals surface area contributed by atoms with Crippen LogP contribution in [-0.2, 0) is 16.6 Å². The van der Waals surface area contributed by atoms with Gasteiger partial charge in [-0.25, -0.2) is 8.42 Å². The van der Waals surface area contributed by atoms with E-state index < -0.39 is 10.0 Å². The number of hydrogen-bond acceptors (Lipinski definition) is 5. The van der Waals surface area contributed by atoms with E-state index in [0.29, 0.717) is 11.3 Å². The van der Waals surface area contributed by atoms with Crippen molar-refractivity contribution in [1.29, 1.82) is 5.26 Å². The Balaban J connectivity index is 1.73. The predicted octanol–water partition coefficient (Wildman–Crippen LogP) is 2.68. The molecule has 0 unspecified atom stereocenters. The quantitative estimate of drug-likeness (QED) is 0.670. The number of sulfonamides is 1. The first-order valence-electron chi connectivity index (χ1n) is 8.28. The third kappa shape index (κ3) is 4.72. The Morgan fingerprint density at radius 1 is 1.07 bits per heavy atom. The minimum Gasteiger partial charge on any atom is -0.348 e. The van der Waals surface area contributed by atoms with E-state index in [1.54, 1.807) is 24.5 Å². The molecule has 0 radical (unpaired) electrons. The molecule has 0 saturated carbocycles. The summed E-state index contributed by atoms with van der Waals surface area (Å²) in [6, 6.07) is 17.4. The number of nitriles is 1. The molecule has 1 heterocycles. The van der Waals surface area contributed by atoms with E-state index in [2.05, 4.69) is 15.0 Å². The highest BCUT2D eigenvalue weighted by atomic mass is 32.2. The predicted molar refractivity (Wildman–Crippen MR) is 104 cm³/mol. The maximum Gasteiger partial charge on any atom is 0.261 e. The summed E-state index contributed by atoms with van der Waals surface area (Å²) in [6.45, 7) is 0.285. The second-order valence-electron chi connectivity index (χ2n) is 5.87. The van der Waals surface area contributed by atoms with E-state index in [1.807, 2.05) is 12.1 Å². The van der Waals surface area contributed by atoms with Crippen molar-refractivity contribution >= 4 is 21.6 Å². The Morgan fingerprint density at radius 3 is 2.54 bits per heavy atom. The van der Waals surface area contributed by atoms with Crippen LogP contribution in [0.3, 0.4) is 0 Å². The van der Waals surface area contributed by atoms with E-state index in [9.17, 15) is 13.2 Å². The molecule has 7 nitrogen and oxygen atoms in total. The van der Waals surface area contributed by atoms with E-state index in [-0.39, 0.29) is 22.9 Å². The Bertz CT molecular complexity index is 1120. The van der Waals surface area contributed by atoms with Crippen LogP contribution in [0.4, 0.5) is 5.69 Å². The standard InChI is InChI=1S/C20H16N4O3S/c21-12-15-6-8-18(9-7-15)24-28(26,27)19-5-1-4-17(11-19)20(25)23-14-16-3-2-10-22-13-16/h1-11,13,24H,14H2,(H,23,25). The molecule has 3 rings (SSSR count). The molecule has 0 bridgehead atoms. The fraction of sp³-hybridized carbons (Fsp3) is 0.0500. The van der Waals surface area contributed by atoms with Gasteiger partial charge in [0.2, 0.25) is 0 Å². The molecule has 28 heavy (non-hydrogen) atoms. The zero-order chi connectivity index (χ0) is 20.0. The molecule has 0 fully saturated rings. The van der Waals surface area contributed by atoms with Crippen LogP contribution < -0.4 is 10.0 Å². The average Bonchev–Trinajstić information content (AvgIpc) is 2.73. The Kier molecular flexibility index (Phi) is 5.67. The van der Waals surface area contributed by atoms with Crippen molar-refractivity contribution in [2.45, 2.75) is 11.4 Å². The summed E-state index contributed by atoms with van der Waals surface area (Å²) in [6.07, 6.45) is 3.28. The maximum absolute atomic E-state index is 12.6. The molecule has 1 amide bonds. The van der Waals surface area contributed by atoms with Gasteiger partial charge < -0.3 is 5.32 Å². The van der Waals surface area contributed by atoms with Crippen molar-refractivity contribution in [2.75, 3.05) is 4.72 Å². The topological polar surface area (TPSA) is 112 Å². The van der Waals surface area contributed by atoms with Crippen molar-refractivity contribution in [2.24, 2.45) is 0 Å². The zero-order valence-electron chi connectivity index (χ0n) is 14.7. The molecule has 2 aromatic carbocycles. The minimum atomic E-state index is -3.88. The van der Waals surface area contributed by atoms with E-state index in [1.165, 1.54) is 42.5 Å². The number of hydrogen-bond donors (Lipinski definition) is 2. The number of amides is 1. The molecular weight excluding hydrogens is 376 g/mol. The van der Waals surface area contributed by atoms with Gasteiger partial charge in [0, 0.05) is 30.2 Å². The second kappa shape index (κ2) is 8.33. The first-order chi connectivity index (χ1) is 13.5. The first kappa shape index (κ1) is 19.1. The van der Waals surface area contributed by atoms with E-state index in [4.69, 9.17) is 5.26 Å². The van der Waals surface area contributed by atoms with Gasteiger partial charge in [-0.3, -0.25) is 14.5 Å². The van der Waals surface area contributed by atoms with E-state index in [0.717, 1.165) is 5.56 Å². The molecule has 0 spiro atoms. The number of carbonyl (C=O) groups excluding carboxylic acids is 1. The third-order valence-electron chi connectivity index (χ3n) is 3.85. The van der Waals surface area contributed by atoms with Crippen LogP contribution in [0, 0.1) is 11.3 Å². The largest absolute Gasteiger partial charge is 0.348 e. The van der Waals surface area contributed by atoms with Crippen LogP contribution in [0.2, 0.25) is 0 Å². The minimum absolute atomic E-state index is 0.0362. The van der Waals surface area contributed by atoms with Gasteiger partial charge in [-0.2, -0.15) is 5.26 Å². The summed E-state index contributed by atoms with van der Waals surface area (Å²) >= 11 is 0. The van der Waals surface area contributed by atoms with Gasteiger partial charge in [0.25, 0.3) is 15.9 Å². The van der Waals surface area contributed by atoms with Crippen molar-refractivity contribution < 1.29 is 13.2 Å². The average molecular weight is 392 g/mol. The molecule has 0 saturated heterocycles. The number of anilines is 1. The van der Waals surface area contributed by atoms with Crippen LogP contribution in [0.25, 0.3) is 0 Å². The lowest BCUT2D eigenvalue weighted by Crippen LogP contribution is -2.23. The molecule has 8 heteroatoms. The Hall–Kier alpha value is -3.70. The number of benzene rings is 2. The molecule has 0 atom stereocenters. The normalized spacial score (nSPS) is 10.7. The smallest absolute Gasteiger partial charge is 0.261 e. The van der Waals surface area contributed by atoms with Crippen LogP contribution in [0.1, 0.15) is 21.5 Å². The molecule has 140 valence electrons. The summed E-state index contributed by atoms with van der Waals surface area (Å²) in [7, 11) is -3.88. The highest BCUT2D eigenvalue weighted by Gasteiger charge is 2.16. The highest BCUT2D eigenvalue weighted by Crippen LogP contribution is 2.18. The molecule has 3 aromatic rings. The molecular formula is C20H16N4O3S. The number of nitrogens with one attached hydrogen (secondary N) is 2. The summed E-state index contributed by atoms with van der Waals surface area (Å²) in [5.41, 5.74) is 1.81. The van der Waals surface area contributed by atoms with E-state index >= 15 is 0 Å². The molecule has 0 aliphatic rings. The number of pyridine rings is 1. The maximum atomic E-state index is 12.6.